The molecule has 1 heterocycles. The molecule has 0 aliphatic carbocycles. The highest BCUT2D eigenvalue weighted by Gasteiger charge is 2.11. The fourth-order valence-corrected chi connectivity index (χ4v) is 2.38. The van der Waals surface area contributed by atoms with Crippen LogP contribution >= 0.6 is 11.3 Å². The van der Waals surface area contributed by atoms with Gasteiger partial charge in [-0.2, -0.15) is 0 Å². The number of methoxy groups -OCH3 is 1. The van der Waals surface area contributed by atoms with Crippen molar-refractivity contribution in [3.63, 3.8) is 0 Å². The van der Waals surface area contributed by atoms with E-state index in [1.54, 1.807) is 12.5 Å². The van der Waals surface area contributed by atoms with E-state index >= 15 is 0 Å². The van der Waals surface area contributed by atoms with Gasteiger partial charge in [-0.1, -0.05) is 6.92 Å². The molecule has 0 spiro atoms. The molecule has 5 heteroatoms. The predicted octanol–water partition coefficient (Wildman–Crippen LogP) is 2.96. The van der Waals surface area contributed by atoms with Crippen molar-refractivity contribution in [1.82, 2.24) is 10.3 Å². The summed E-state index contributed by atoms with van der Waals surface area (Å²) in [4.78, 5) is 16.1. The van der Waals surface area contributed by atoms with Gasteiger partial charge in [-0.25, -0.2) is 4.98 Å². The number of rotatable bonds is 5. The Balaban J connectivity index is 2.13. The van der Waals surface area contributed by atoms with Crippen LogP contribution in [0.1, 0.15) is 23.8 Å². The normalized spacial score (nSPS) is 10.2. The number of hydrogen-bond donors (Lipinski definition) is 1. The summed E-state index contributed by atoms with van der Waals surface area (Å²) in [7, 11) is 1.63. The Labute approximate surface area is 116 Å². The number of hydrogen-bond acceptors (Lipinski definition) is 4. The predicted molar refractivity (Wildman–Crippen MR) is 76.7 cm³/mol. The Morgan fingerprint density at radius 2 is 2.11 bits per heavy atom. The standard InChI is InChI=1S/C14H16N2O2S/c1-3-8-15-13(17)12-9-19-14(16-12)10-4-6-11(18-2)7-5-10/h4-7,9H,3,8H2,1-2H3,(H,15,17). The van der Waals surface area contributed by atoms with Gasteiger partial charge in [-0.3, -0.25) is 4.79 Å². The molecule has 4 nitrogen and oxygen atoms in total. The number of nitrogens with one attached hydrogen (secondary N) is 1. The van der Waals surface area contributed by atoms with Crippen LogP contribution in [0.2, 0.25) is 0 Å². The summed E-state index contributed by atoms with van der Waals surface area (Å²) in [6.07, 6.45) is 0.918. The van der Waals surface area contributed by atoms with Crippen LogP contribution in [0, 0.1) is 0 Å². The molecule has 0 bridgehead atoms. The van der Waals surface area contributed by atoms with Gasteiger partial charge >= 0.3 is 0 Å². The fraction of sp³-hybridized carbons (Fsp3) is 0.286. The SMILES string of the molecule is CCCNC(=O)c1csc(-c2ccc(OC)cc2)n1. The highest BCUT2D eigenvalue weighted by molar-refractivity contribution is 7.13. The summed E-state index contributed by atoms with van der Waals surface area (Å²) >= 11 is 1.47. The molecule has 0 atom stereocenters. The van der Waals surface area contributed by atoms with Gasteiger partial charge in [0.05, 0.1) is 7.11 Å². The molecule has 1 amide bonds. The van der Waals surface area contributed by atoms with E-state index in [-0.39, 0.29) is 5.91 Å². The number of aromatic nitrogens is 1. The van der Waals surface area contributed by atoms with Crippen molar-refractivity contribution >= 4 is 17.2 Å². The Kier molecular flexibility index (Phi) is 4.52. The van der Waals surface area contributed by atoms with E-state index in [0.717, 1.165) is 22.7 Å². The molecule has 0 aliphatic rings. The van der Waals surface area contributed by atoms with E-state index in [2.05, 4.69) is 10.3 Å². The highest BCUT2D eigenvalue weighted by atomic mass is 32.1. The molecule has 0 saturated heterocycles. The minimum absolute atomic E-state index is 0.113. The monoisotopic (exact) mass is 276 g/mol. The Morgan fingerprint density at radius 3 is 2.74 bits per heavy atom. The number of thiazole rings is 1. The van der Waals surface area contributed by atoms with Gasteiger partial charge in [0.25, 0.3) is 5.91 Å². The second kappa shape index (κ2) is 6.33. The summed E-state index contributed by atoms with van der Waals surface area (Å²) in [5.41, 5.74) is 1.46. The maximum absolute atomic E-state index is 11.8. The number of carbonyl (C=O) groups is 1. The number of ether oxygens (including phenoxy) is 1. The highest BCUT2D eigenvalue weighted by Crippen LogP contribution is 2.25. The van der Waals surface area contributed by atoms with Crippen molar-refractivity contribution in [2.24, 2.45) is 0 Å². The van der Waals surface area contributed by atoms with Gasteiger partial charge < -0.3 is 10.1 Å². The minimum atomic E-state index is -0.113. The zero-order valence-electron chi connectivity index (χ0n) is 11.0. The summed E-state index contributed by atoms with van der Waals surface area (Å²) in [5, 5.41) is 5.44. The molecule has 0 radical (unpaired) electrons. The molecule has 1 aromatic carbocycles. The first-order valence-corrected chi connectivity index (χ1v) is 7.00. The van der Waals surface area contributed by atoms with Crippen molar-refractivity contribution in [2.75, 3.05) is 13.7 Å². The molecule has 0 unspecified atom stereocenters. The molecular formula is C14H16N2O2S. The van der Waals surface area contributed by atoms with E-state index in [1.807, 2.05) is 31.2 Å². The van der Waals surface area contributed by atoms with Crippen molar-refractivity contribution < 1.29 is 9.53 Å². The minimum Gasteiger partial charge on any atom is -0.497 e. The lowest BCUT2D eigenvalue weighted by Crippen LogP contribution is -2.24. The maximum atomic E-state index is 11.8. The van der Waals surface area contributed by atoms with Crippen LogP contribution in [0.25, 0.3) is 10.6 Å². The lowest BCUT2D eigenvalue weighted by Gasteiger charge is -2.01. The molecule has 100 valence electrons. The van der Waals surface area contributed by atoms with Gasteiger partial charge in [-0.05, 0) is 30.7 Å². The van der Waals surface area contributed by atoms with Crippen LogP contribution in [-0.4, -0.2) is 24.5 Å². The quantitative estimate of drug-likeness (QED) is 0.913. The molecule has 0 aliphatic heterocycles. The van der Waals surface area contributed by atoms with Gasteiger partial charge in [-0.15, -0.1) is 11.3 Å². The van der Waals surface area contributed by atoms with Crippen LogP contribution in [-0.2, 0) is 0 Å². The van der Waals surface area contributed by atoms with Crippen molar-refractivity contribution in [3.8, 4) is 16.3 Å². The van der Waals surface area contributed by atoms with Crippen LogP contribution in [0.5, 0.6) is 5.75 Å². The number of carbonyl (C=O) groups excluding carboxylic acids is 1. The second-order valence-corrected chi connectivity index (χ2v) is 4.88. The number of nitrogens with zero attached hydrogens (tertiary/aromatic N) is 1. The molecule has 19 heavy (non-hydrogen) atoms. The average molecular weight is 276 g/mol. The largest absolute Gasteiger partial charge is 0.497 e. The second-order valence-electron chi connectivity index (χ2n) is 4.02. The van der Waals surface area contributed by atoms with Crippen molar-refractivity contribution in [3.05, 3.63) is 35.3 Å². The zero-order chi connectivity index (χ0) is 13.7. The lowest BCUT2D eigenvalue weighted by molar-refractivity contribution is 0.0949. The lowest BCUT2D eigenvalue weighted by atomic mass is 10.2. The molecule has 0 saturated carbocycles. The molecule has 1 aromatic heterocycles. The van der Waals surface area contributed by atoms with Gasteiger partial charge in [0, 0.05) is 17.5 Å². The summed E-state index contributed by atoms with van der Waals surface area (Å²) in [6.45, 7) is 2.69. The fourth-order valence-electron chi connectivity index (χ4n) is 1.57. The smallest absolute Gasteiger partial charge is 0.270 e. The van der Waals surface area contributed by atoms with E-state index in [4.69, 9.17) is 4.74 Å². The van der Waals surface area contributed by atoms with E-state index in [9.17, 15) is 4.79 Å². The van der Waals surface area contributed by atoms with E-state index < -0.39 is 0 Å². The van der Waals surface area contributed by atoms with Gasteiger partial charge in [0.2, 0.25) is 0 Å². The summed E-state index contributed by atoms with van der Waals surface area (Å²) < 4.78 is 5.11. The van der Waals surface area contributed by atoms with Crippen LogP contribution in [0.4, 0.5) is 0 Å². The van der Waals surface area contributed by atoms with E-state index in [0.29, 0.717) is 12.2 Å². The van der Waals surface area contributed by atoms with Crippen LogP contribution in [0.15, 0.2) is 29.6 Å². The third-order valence-electron chi connectivity index (χ3n) is 2.61. The number of amides is 1. The van der Waals surface area contributed by atoms with Gasteiger partial charge in [0.15, 0.2) is 0 Å². The molecule has 0 fully saturated rings. The summed E-state index contributed by atoms with van der Waals surface area (Å²) in [6, 6.07) is 7.64. The van der Waals surface area contributed by atoms with Crippen LogP contribution in [0.3, 0.4) is 0 Å². The van der Waals surface area contributed by atoms with Crippen molar-refractivity contribution in [2.45, 2.75) is 13.3 Å². The average Bonchev–Trinajstić information content (AvgIpc) is 2.94. The molecular weight excluding hydrogens is 260 g/mol. The Morgan fingerprint density at radius 1 is 1.37 bits per heavy atom. The molecule has 2 aromatic rings. The zero-order valence-corrected chi connectivity index (χ0v) is 11.8. The Bertz CT molecular complexity index is 549. The Hall–Kier alpha value is -1.88. The topological polar surface area (TPSA) is 51.2 Å². The maximum Gasteiger partial charge on any atom is 0.270 e. The van der Waals surface area contributed by atoms with Gasteiger partial charge in [0.1, 0.15) is 16.5 Å². The first kappa shape index (κ1) is 13.5. The van der Waals surface area contributed by atoms with Crippen LogP contribution < -0.4 is 10.1 Å². The summed E-state index contributed by atoms with van der Waals surface area (Å²) in [5.74, 6) is 0.694. The first-order chi connectivity index (χ1) is 9.24. The van der Waals surface area contributed by atoms with Crippen molar-refractivity contribution in [1.29, 1.82) is 0 Å². The van der Waals surface area contributed by atoms with E-state index in [1.165, 1.54) is 11.3 Å². The molecule has 1 N–H and O–H groups in total. The third-order valence-corrected chi connectivity index (χ3v) is 3.50. The first-order valence-electron chi connectivity index (χ1n) is 6.12. The molecule has 2 rings (SSSR count). The number of benzene rings is 1. The third kappa shape index (κ3) is 3.32.